The number of nitrogens with zero attached hydrogens (tertiary/aromatic N) is 1. The van der Waals surface area contributed by atoms with E-state index in [1.54, 1.807) is 0 Å². The predicted molar refractivity (Wildman–Crippen MR) is 68.2 cm³/mol. The summed E-state index contributed by atoms with van der Waals surface area (Å²) in [5, 5.41) is 7.50. The molecule has 3 rings (SSSR count). The Morgan fingerprint density at radius 1 is 1.33 bits per heavy atom. The molecule has 18 heavy (non-hydrogen) atoms. The second-order valence-electron chi connectivity index (χ2n) is 4.76. The number of aromatic nitrogens is 1. The fraction of sp³-hybridized carbons (Fsp3) is 0.357. The molecule has 0 unspecified atom stereocenters. The molecule has 0 atom stereocenters. The molecular formula is C14H16N2O2. The molecule has 0 aliphatic carbocycles. The molecule has 0 saturated carbocycles. The molecule has 2 heterocycles. The average molecular weight is 244 g/mol. The summed E-state index contributed by atoms with van der Waals surface area (Å²) >= 11 is 0. The summed E-state index contributed by atoms with van der Waals surface area (Å²) in [7, 11) is 0. The van der Waals surface area contributed by atoms with Crippen LogP contribution < -0.4 is 10.1 Å². The molecule has 2 aromatic rings. The summed E-state index contributed by atoms with van der Waals surface area (Å²) in [5.41, 5.74) is 2.98. The van der Waals surface area contributed by atoms with Crippen molar-refractivity contribution in [1.82, 2.24) is 10.5 Å². The van der Waals surface area contributed by atoms with E-state index in [0.717, 1.165) is 28.3 Å². The molecule has 0 spiro atoms. The number of ether oxygens (including phenoxy) is 1. The van der Waals surface area contributed by atoms with Crippen LogP contribution in [0.1, 0.15) is 25.1 Å². The minimum Gasteiger partial charge on any atom is -0.488 e. The van der Waals surface area contributed by atoms with Crippen LogP contribution in [0, 0.1) is 0 Å². The number of benzene rings is 1. The maximum absolute atomic E-state index is 5.73. The normalized spacial score (nSPS) is 13.1. The Bertz CT molecular complexity index is 561. The van der Waals surface area contributed by atoms with E-state index in [9.17, 15) is 0 Å². The Labute approximate surface area is 106 Å². The minimum atomic E-state index is 0.425. The SMILES string of the molecule is CC(C)NCc1noc2c1COc1ccccc1-2. The lowest BCUT2D eigenvalue weighted by Crippen LogP contribution is -2.23. The van der Waals surface area contributed by atoms with Gasteiger partial charge in [-0.25, -0.2) is 0 Å². The molecule has 4 nitrogen and oxygen atoms in total. The molecule has 0 amide bonds. The van der Waals surface area contributed by atoms with E-state index in [1.807, 2.05) is 24.3 Å². The lowest BCUT2D eigenvalue weighted by atomic mass is 10.0. The summed E-state index contributed by atoms with van der Waals surface area (Å²) in [6.45, 7) is 5.46. The fourth-order valence-electron chi connectivity index (χ4n) is 2.07. The molecule has 4 heteroatoms. The van der Waals surface area contributed by atoms with E-state index in [2.05, 4.69) is 24.3 Å². The van der Waals surface area contributed by atoms with Crippen molar-refractivity contribution in [2.45, 2.75) is 33.0 Å². The first kappa shape index (κ1) is 11.3. The van der Waals surface area contributed by atoms with Crippen molar-refractivity contribution in [3.8, 4) is 17.1 Å². The van der Waals surface area contributed by atoms with Crippen molar-refractivity contribution < 1.29 is 9.26 Å². The zero-order chi connectivity index (χ0) is 12.5. The molecule has 94 valence electrons. The molecule has 1 N–H and O–H groups in total. The lowest BCUT2D eigenvalue weighted by molar-refractivity contribution is 0.297. The Balaban J connectivity index is 1.94. The van der Waals surface area contributed by atoms with E-state index >= 15 is 0 Å². The molecule has 1 aliphatic rings. The van der Waals surface area contributed by atoms with Gasteiger partial charge >= 0.3 is 0 Å². The highest BCUT2D eigenvalue weighted by atomic mass is 16.5. The largest absolute Gasteiger partial charge is 0.488 e. The van der Waals surface area contributed by atoms with Crippen LogP contribution in [0.3, 0.4) is 0 Å². The number of para-hydroxylation sites is 1. The third-order valence-corrected chi connectivity index (χ3v) is 3.05. The zero-order valence-corrected chi connectivity index (χ0v) is 10.6. The summed E-state index contributed by atoms with van der Waals surface area (Å²) < 4.78 is 11.2. The predicted octanol–water partition coefficient (Wildman–Crippen LogP) is 2.73. The maximum atomic E-state index is 5.73. The van der Waals surface area contributed by atoms with Crippen molar-refractivity contribution >= 4 is 0 Å². The van der Waals surface area contributed by atoms with Crippen LogP contribution in [0.2, 0.25) is 0 Å². The van der Waals surface area contributed by atoms with E-state index in [0.29, 0.717) is 19.2 Å². The molecular weight excluding hydrogens is 228 g/mol. The van der Waals surface area contributed by atoms with Crippen molar-refractivity contribution in [2.75, 3.05) is 0 Å². The number of nitrogens with one attached hydrogen (secondary N) is 1. The zero-order valence-electron chi connectivity index (χ0n) is 10.6. The van der Waals surface area contributed by atoms with Gasteiger partial charge in [-0.15, -0.1) is 0 Å². The molecule has 0 bridgehead atoms. The first-order chi connectivity index (χ1) is 8.75. The molecule has 0 saturated heterocycles. The number of hydrogen-bond acceptors (Lipinski definition) is 4. The van der Waals surface area contributed by atoms with Crippen LogP contribution in [0.25, 0.3) is 11.3 Å². The number of rotatable bonds is 3. The van der Waals surface area contributed by atoms with Crippen LogP contribution in [-0.2, 0) is 13.2 Å². The number of hydrogen-bond donors (Lipinski definition) is 1. The van der Waals surface area contributed by atoms with Gasteiger partial charge in [0.25, 0.3) is 0 Å². The van der Waals surface area contributed by atoms with Gasteiger partial charge in [0, 0.05) is 12.6 Å². The highest BCUT2D eigenvalue weighted by molar-refractivity contribution is 5.70. The van der Waals surface area contributed by atoms with Gasteiger partial charge in [0.15, 0.2) is 5.76 Å². The van der Waals surface area contributed by atoms with Gasteiger partial charge in [-0.05, 0) is 12.1 Å². The second kappa shape index (κ2) is 4.46. The Morgan fingerprint density at radius 2 is 2.17 bits per heavy atom. The van der Waals surface area contributed by atoms with Gasteiger partial charge in [-0.3, -0.25) is 0 Å². The molecule has 1 aromatic carbocycles. The van der Waals surface area contributed by atoms with Gasteiger partial charge in [-0.2, -0.15) is 0 Å². The molecule has 1 aromatic heterocycles. The Kier molecular flexibility index (Phi) is 2.80. The molecule has 0 fully saturated rings. The van der Waals surface area contributed by atoms with Gasteiger partial charge in [0.2, 0.25) is 0 Å². The minimum absolute atomic E-state index is 0.425. The quantitative estimate of drug-likeness (QED) is 0.901. The number of fused-ring (bicyclic) bond motifs is 3. The van der Waals surface area contributed by atoms with E-state index in [4.69, 9.17) is 9.26 Å². The molecule has 0 radical (unpaired) electrons. The standard InChI is InChI=1S/C14H16N2O2/c1-9(2)15-7-12-11-8-17-13-6-4-3-5-10(13)14(11)18-16-12/h3-6,9,15H,7-8H2,1-2H3. The summed E-state index contributed by atoms with van der Waals surface area (Å²) in [6.07, 6.45) is 0. The lowest BCUT2D eigenvalue weighted by Gasteiger charge is -2.16. The fourth-order valence-corrected chi connectivity index (χ4v) is 2.07. The van der Waals surface area contributed by atoms with Crippen LogP contribution in [-0.4, -0.2) is 11.2 Å². The van der Waals surface area contributed by atoms with Crippen LogP contribution in [0.4, 0.5) is 0 Å². The summed E-state index contributed by atoms with van der Waals surface area (Å²) in [5.74, 6) is 1.71. The van der Waals surface area contributed by atoms with Crippen molar-refractivity contribution in [2.24, 2.45) is 0 Å². The summed E-state index contributed by atoms with van der Waals surface area (Å²) in [4.78, 5) is 0. The van der Waals surface area contributed by atoms with Crippen LogP contribution in [0.15, 0.2) is 28.8 Å². The highest BCUT2D eigenvalue weighted by Crippen LogP contribution is 2.38. The van der Waals surface area contributed by atoms with E-state index in [-0.39, 0.29) is 0 Å². The van der Waals surface area contributed by atoms with Crippen molar-refractivity contribution in [3.63, 3.8) is 0 Å². The van der Waals surface area contributed by atoms with Gasteiger partial charge < -0.3 is 14.6 Å². The first-order valence-electron chi connectivity index (χ1n) is 6.18. The van der Waals surface area contributed by atoms with Crippen LogP contribution >= 0.6 is 0 Å². The van der Waals surface area contributed by atoms with E-state index in [1.165, 1.54) is 0 Å². The monoisotopic (exact) mass is 244 g/mol. The topological polar surface area (TPSA) is 47.3 Å². The van der Waals surface area contributed by atoms with Crippen molar-refractivity contribution in [1.29, 1.82) is 0 Å². The Morgan fingerprint density at radius 3 is 3.00 bits per heavy atom. The third-order valence-electron chi connectivity index (χ3n) is 3.05. The third kappa shape index (κ3) is 1.88. The van der Waals surface area contributed by atoms with Gasteiger partial charge in [0.1, 0.15) is 18.1 Å². The maximum Gasteiger partial charge on any atom is 0.177 e. The van der Waals surface area contributed by atoms with Crippen molar-refractivity contribution in [3.05, 3.63) is 35.5 Å². The van der Waals surface area contributed by atoms with E-state index < -0.39 is 0 Å². The van der Waals surface area contributed by atoms with Gasteiger partial charge in [0.05, 0.1) is 11.1 Å². The first-order valence-corrected chi connectivity index (χ1v) is 6.18. The van der Waals surface area contributed by atoms with Gasteiger partial charge in [-0.1, -0.05) is 31.1 Å². The Hall–Kier alpha value is -1.81. The second-order valence-corrected chi connectivity index (χ2v) is 4.76. The highest BCUT2D eigenvalue weighted by Gasteiger charge is 2.24. The molecule has 1 aliphatic heterocycles. The van der Waals surface area contributed by atoms with Crippen LogP contribution in [0.5, 0.6) is 5.75 Å². The average Bonchev–Trinajstić information content (AvgIpc) is 2.80. The smallest absolute Gasteiger partial charge is 0.177 e. The summed E-state index contributed by atoms with van der Waals surface area (Å²) in [6, 6.07) is 8.31.